The van der Waals surface area contributed by atoms with E-state index in [1.807, 2.05) is 13.8 Å². The molecule has 0 saturated carbocycles. The van der Waals surface area contributed by atoms with E-state index in [0.29, 0.717) is 16.3 Å². The van der Waals surface area contributed by atoms with Crippen LogP contribution in [0.5, 0.6) is 5.75 Å². The van der Waals surface area contributed by atoms with Crippen LogP contribution in [0.15, 0.2) is 23.2 Å². The van der Waals surface area contributed by atoms with Gasteiger partial charge in [0.25, 0.3) is 0 Å². The average Bonchev–Trinajstić information content (AvgIpc) is 2.34. The predicted molar refractivity (Wildman–Crippen MR) is 80.4 cm³/mol. The van der Waals surface area contributed by atoms with Crippen molar-refractivity contribution in [2.45, 2.75) is 33.9 Å². The lowest BCUT2D eigenvalue weighted by molar-refractivity contribution is -0.137. The maximum atomic E-state index is 11.6. The van der Waals surface area contributed by atoms with Gasteiger partial charge in [0.05, 0.1) is 5.92 Å². The summed E-state index contributed by atoms with van der Waals surface area (Å²) in [6, 6.07) is 4.91. The van der Waals surface area contributed by atoms with Crippen LogP contribution >= 0.6 is 11.6 Å². The van der Waals surface area contributed by atoms with Crippen LogP contribution in [0.4, 0.5) is 0 Å². The first-order valence-corrected chi connectivity index (χ1v) is 6.91. The molecule has 5 heteroatoms. The maximum Gasteiger partial charge on any atom is 0.313 e. The number of rotatable bonds is 5. The lowest BCUT2D eigenvalue weighted by Crippen LogP contribution is -2.15. The standard InChI is InChI=1S/C15H20ClNO3/c1-9(2)14(18)17-8-11-5-12(16)7-13(6-11)20-15(19)10(3)4/h5-10,14,18H,1-4H3. The molecule has 0 amide bonds. The smallest absolute Gasteiger partial charge is 0.313 e. The van der Waals surface area contributed by atoms with E-state index in [-0.39, 0.29) is 17.8 Å². The highest BCUT2D eigenvalue weighted by molar-refractivity contribution is 6.31. The van der Waals surface area contributed by atoms with Crippen molar-refractivity contribution in [2.75, 3.05) is 0 Å². The summed E-state index contributed by atoms with van der Waals surface area (Å²) >= 11 is 5.98. The summed E-state index contributed by atoms with van der Waals surface area (Å²) in [6.07, 6.45) is 0.749. The number of nitrogens with zero attached hydrogens (tertiary/aromatic N) is 1. The minimum Gasteiger partial charge on any atom is -0.426 e. The second-order valence-electron chi connectivity index (χ2n) is 5.23. The van der Waals surface area contributed by atoms with Gasteiger partial charge in [0.1, 0.15) is 12.0 Å². The van der Waals surface area contributed by atoms with E-state index in [0.717, 1.165) is 0 Å². The third kappa shape index (κ3) is 5.31. The normalized spacial score (nSPS) is 13.2. The summed E-state index contributed by atoms with van der Waals surface area (Å²) in [5.74, 6) is -0.133. The molecule has 0 saturated heterocycles. The number of aliphatic hydroxyl groups excluding tert-OH is 1. The van der Waals surface area contributed by atoms with Crippen LogP contribution in [0.25, 0.3) is 0 Å². The molecule has 0 aliphatic carbocycles. The van der Waals surface area contributed by atoms with E-state index in [9.17, 15) is 9.90 Å². The predicted octanol–water partition coefficient (Wildman–Crippen LogP) is 3.29. The Labute approximate surface area is 124 Å². The van der Waals surface area contributed by atoms with Crippen molar-refractivity contribution in [3.05, 3.63) is 28.8 Å². The molecule has 1 atom stereocenters. The van der Waals surface area contributed by atoms with Gasteiger partial charge in [0, 0.05) is 11.2 Å². The molecule has 4 nitrogen and oxygen atoms in total. The molecule has 1 unspecified atom stereocenters. The van der Waals surface area contributed by atoms with Crippen molar-refractivity contribution in [3.8, 4) is 5.75 Å². The van der Waals surface area contributed by atoms with E-state index in [1.165, 1.54) is 6.21 Å². The zero-order chi connectivity index (χ0) is 15.3. The average molecular weight is 298 g/mol. The highest BCUT2D eigenvalue weighted by Crippen LogP contribution is 2.21. The van der Waals surface area contributed by atoms with E-state index in [1.54, 1.807) is 32.0 Å². The van der Waals surface area contributed by atoms with Crippen molar-refractivity contribution in [1.29, 1.82) is 0 Å². The van der Waals surface area contributed by atoms with Crippen molar-refractivity contribution >= 4 is 23.8 Å². The number of carbonyl (C=O) groups is 1. The zero-order valence-electron chi connectivity index (χ0n) is 12.1. The largest absolute Gasteiger partial charge is 0.426 e. The van der Waals surface area contributed by atoms with Crippen molar-refractivity contribution in [1.82, 2.24) is 0 Å². The van der Waals surface area contributed by atoms with Gasteiger partial charge in [-0.05, 0) is 29.7 Å². The molecular weight excluding hydrogens is 278 g/mol. The molecule has 1 aromatic carbocycles. The summed E-state index contributed by atoms with van der Waals surface area (Å²) in [7, 11) is 0. The van der Waals surface area contributed by atoms with E-state index in [4.69, 9.17) is 16.3 Å². The number of benzene rings is 1. The number of hydrogen-bond acceptors (Lipinski definition) is 4. The number of hydrogen-bond donors (Lipinski definition) is 1. The Bertz CT molecular complexity index is 498. The minimum atomic E-state index is -0.768. The van der Waals surface area contributed by atoms with Crippen molar-refractivity contribution < 1.29 is 14.6 Å². The van der Waals surface area contributed by atoms with Gasteiger partial charge in [-0.15, -0.1) is 0 Å². The lowest BCUT2D eigenvalue weighted by atomic mass is 10.2. The van der Waals surface area contributed by atoms with Gasteiger partial charge in [-0.2, -0.15) is 0 Å². The monoisotopic (exact) mass is 297 g/mol. The SMILES string of the molecule is CC(C)C(=O)Oc1cc(Cl)cc(C=NC(O)C(C)C)c1. The third-order valence-electron chi connectivity index (χ3n) is 2.56. The molecule has 0 bridgehead atoms. The Morgan fingerprint density at radius 3 is 2.50 bits per heavy atom. The van der Waals surface area contributed by atoms with E-state index >= 15 is 0 Å². The first kappa shape index (κ1) is 16.7. The maximum absolute atomic E-state index is 11.6. The molecule has 110 valence electrons. The number of aliphatic hydroxyl groups is 1. The van der Waals surface area contributed by atoms with Gasteiger partial charge in [0.15, 0.2) is 0 Å². The lowest BCUT2D eigenvalue weighted by Gasteiger charge is -2.09. The Balaban J connectivity index is 2.89. The Morgan fingerprint density at radius 2 is 1.95 bits per heavy atom. The highest BCUT2D eigenvalue weighted by Gasteiger charge is 2.11. The van der Waals surface area contributed by atoms with Crippen LogP contribution in [0.2, 0.25) is 5.02 Å². The quantitative estimate of drug-likeness (QED) is 0.515. The molecule has 0 radical (unpaired) electrons. The summed E-state index contributed by atoms with van der Waals surface area (Å²) in [5.41, 5.74) is 0.670. The first-order chi connectivity index (χ1) is 9.29. The molecule has 20 heavy (non-hydrogen) atoms. The van der Waals surface area contributed by atoms with Gasteiger partial charge < -0.3 is 9.84 Å². The van der Waals surface area contributed by atoms with Crippen LogP contribution in [-0.4, -0.2) is 23.5 Å². The molecule has 0 heterocycles. The number of esters is 1. The Hall–Kier alpha value is -1.39. The van der Waals surface area contributed by atoms with Gasteiger partial charge >= 0.3 is 5.97 Å². The fourth-order valence-electron chi connectivity index (χ4n) is 1.29. The molecule has 0 fully saturated rings. The topological polar surface area (TPSA) is 58.9 Å². The summed E-state index contributed by atoms with van der Waals surface area (Å²) in [5, 5.41) is 10.1. The second-order valence-corrected chi connectivity index (χ2v) is 5.67. The molecule has 0 spiro atoms. The van der Waals surface area contributed by atoms with Gasteiger partial charge in [-0.3, -0.25) is 9.79 Å². The van der Waals surface area contributed by atoms with Crippen molar-refractivity contribution in [2.24, 2.45) is 16.8 Å². The molecular formula is C15H20ClNO3. The molecule has 1 rings (SSSR count). The zero-order valence-corrected chi connectivity index (χ0v) is 12.9. The van der Waals surface area contributed by atoms with Crippen molar-refractivity contribution in [3.63, 3.8) is 0 Å². The number of halogens is 1. The molecule has 1 aromatic rings. The summed E-state index contributed by atoms with van der Waals surface area (Å²) in [6.45, 7) is 7.26. The summed E-state index contributed by atoms with van der Waals surface area (Å²) in [4.78, 5) is 15.6. The van der Waals surface area contributed by atoms with Crippen LogP contribution in [0.1, 0.15) is 33.3 Å². The van der Waals surface area contributed by atoms with Gasteiger partial charge in [-0.25, -0.2) is 0 Å². The van der Waals surface area contributed by atoms with Crippen LogP contribution in [0.3, 0.4) is 0 Å². The molecule has 0 aliphatic rings. The highest BCUT2D eigenvalue weighted by atomic mass is 35.5. The van der Waals surface area contributed by atoms with Gasteiger partial charge in [-0.1, -0.05) is 39.3 Å². The fourth-order valence-corrected chi connectivity index (χ4v) is 1.52. The number of aliphatic imine (C=N–C) groups is 1. The molecule has 1 N–H and O–H groups in total. The van der Waals surface area contributed by atoms with Crippen LogP contribution in [-0.2, 0) is 4.79 Å². The van der Waals surface area contributed by atoms with E-state index in [2.05, 4.69) is 4.99 Å². The number of carbonyl (C=O) groups excluding carboxylic acids is 1. The Morgan fingerprint density at radius 1 is 1.30 bits per heavy atom. The summed E-state index contributed by atoms with van der Waals surface area (Å²) < 4.78 is 5.20. The minimum absolute atomic E-state index is 0.0312. The Kier molecular flexibility index (Phi) is 6.17. The van der Waals surface area contributed by atoms with Crippen LogP contribution in [0, 0.1) is 11.8 Å². The third-order valence-corrected chi connectivity index (χ3v) is 2.77. The van der Waals surface area contributed by atoms with E-state index < -0.39 is 6.23 Å². The molecule has 0 aliphatic heterocycles. The second kappa shape index (κ2) is 7.41. The van der Waals surface area contributed by atoms with Gasteiger partial charge in [0.2, 0.25) is 0 Å². The number of ether oxygens (including phenoxy) is 1. The molecule has 0 aromatic heterocycles. The first-order valence-electron chi connectivity index (χ1n) is 6.53. The van der Waals surface area contributed by atoms with Crippen LogP contribution < -0.4 is 4.74 Å². The fraction of sp³-hybridized carbons (Fsp3) is 0.467.